The quantitative estimate of drug-likeness (QED) is 0.223. The molecule has 216 valence electrons. The standard InChI is InChI=1S/C31H40N7O2P/c1-6-29(39)35-25-19-22(11-12-26(25)38-17-14-31(15-18-38)20-23(21-31)37(2)3)33-30-32-16-13-28(36-30)34-24-9-7-8-10-27(24)41(4,5)40/h6-13,16,19,23H,1,14-15,17-18,20-21H2,2-5H3,(H,35,39)(H2,32,33,34,36). The van der Waals surface area contributed by atoms with E-state index >= 15 is 0 Å². The van der Waals surface area contributed by atoms with Crippen LogP contribution in [-0.4, -0.2) is 67.3 Å². The summed E-state index contributed by atoms with van der Waals surface area (Å²) in [6.07, 6.45) is 7.81. The van der Waals surface area contributed by atoms with Gasteiger partial charge in [0.1, 0.15) is 13.0 Å². The second-order valence-electron chi connectivity index (χ2n) is 11.8. The molecular formula is C31H40N7O2P. The van der Waals surface area contributed by atoms with Gasteiger partial charge in [-0.25, -0.2) is 4.98 Å². The number of anilines is 6. The van der Waals surface area contributed by atoms with Gasteiger partial charge < -0.3 is 30.3 Å². The number of nitrogens with zero attached hydrogens (tertiary/aromatic N) is 4. The molecule has 0 unspecified atom stereocenters. The number of benzene rings is 2. The van der Waals surface area contributed by atoms with E-state index in [0.29, 0.717) is 23.2 Å². The number of amides is 1. The molecule has 1 saturated heterocycles. The first-order valence-corrected chi connectivity index (χ1v) is 16.7. The van der Waals surface area contributed by atoms with Gasteiger partial charge in [-0.3, -0.25) is 4.79 Å². The highest BCUT2D eigenvalue weighted by Gasteiger charge is 2.46. The number of hydrogen-bond acceptors (Lipinski definition) is 8. The molecule has 2 fully saturated rings. The van der Waals surface area contributed by atoms with E-state index in [1.807, 2.05) is 42.5 Å². The smallest absolute Gasteiger partial charge is 0.247 e. The first kappa shape index (κ1) is 28.8. The SMILES string of the molecule is C=CC(=O)Nc1cc(Nc2nccc(Nc3ccccc3P(C)(C)=O)n2)ccc1N1CCC2(CC1)CC(N(C)C)C2. The van der Waals surface area contributed by atoms with Crippen molar-refractivity contribution in [3.05, 3.63) is 67.4 Å². The van der Waals surface area contributed by atoms with Crippen LogP contribution in [0.15, 0.2) is 67.4 Å². The Labute approximate surface area is 242 Å². The molecular weight excluding hydrogens is 533 g/mol. The number of carbonyl (C=O) groups excluding carboxylic acids is 1. The fourth-order valence-electron chi connectivity index (χ4n) is 5.91. The Kier molecular flexibility index (Phi) is 8.20. The zero-order valence-corrected chi connectivity index (χ0v) is 25.2. The highest BCUT2D eigenvalue weighted by molar-refractivity contribution is 7.70. The van der Waals surface area contributed by atoms with E-state index in [1.165, 1.54) is 18.9 Å². The second-order valence-corrected chi connectivity index (χ2v) is 15.0. The Balaban J connectivity index is 1.32. The highest BCUT2D eigenvalue weighted by atomic mass is 31.2. The predicted octanol–water partition coefficient (Wildman–Crippen LogP) is 5.65. The maximum atomic E-state index is 12.8. The van der Waals surface area contributed by atoms with Crippen molar-refractivity contribution in [2.45, 2.75) is 31.7 Å². The van der Waals surface area contributed by atoms with Crippen molar-refractivity contribution in [3.63, 3.8) is 0 Å². The van der Waals surface area contributed by atoms with Gasteiger partial charge in [-0.05, 0) is 101 Å². The molecule has 3 aromatic rings. The Morgan fingerprint density at radius 3 is 2.49 bits per heavy atom. The average Bonchev–Trinajstić information content (AvgIpc) is 2.92. The van der Waals surface area contributed by atoms with Crippen LogP contribution in [0.4, 0.5) is 34.5 Å². The number of rotatable bonds is 9. The van der Waals surface area contributed by atoms with E-state index in [0.717, 1.165) is 54.0 Å². The van der Waals surface area contributed by atoms with Crippen molar-refractivity contribution in [3.8, 4) is 0 Å². The molecule has 1 aliphatic carbocycles. The van der Waals surface area contributed by atoms with Crippen molar-refractivity contribution < 1.29 is 9.36 Å². The lowest BCUT2D eigenvalue weighted by atomic mass is 9.60. The number of piperidine rings is 1. The molecule has 5 rings (SSSR count). The zero-order chi connectivity index (χ0) is 29.2. The lowest BCUT2D eigenvalue weighted by Crippen LogP contribution is -2.53. The number of hydrogen-bond donors (Lipinski definition) is 3. The first-order chi connectivity index (χ1) is 19.5. The molecule has 1 aliphatic heterocycles. The lowest BCUT2D eigenvalue weighted by Gasteiger charge is -2.54. The average molecular weight is 574 g/mol. The van der Waals surface area contributed by atoms with Crippen molar-refractivity contribution in [1.82, 2.24) is 14.9 Å². The van der Waals surface area contributed by atoms with E-state index < -0.39 is 7.14 Å². The van der Waals surface area contributed by atoms with Gasteiger partial charge in [-0.15, -0.1) is 0 Å². The number of carbonyl (C=O) groups is 1. The molecule has 1 spiro atoms. The van der Waals surface area contributed by atoms with E-state index in [1.54, 1.807) is 25.6 Å². The second kappa shape index (κ2) is 11.7. The topological polar surface area (TPSA) is 102 Å². The van der Waals surface area contributed by atoms with Crippen LogP contribution in [0, 0.1) is 5.41 Å². The van der Waals surface area contributed by atoms with Gasteiger partial charge in [0.2, 0.25) is 11.9 Å². The maximum Gasteiger partial charge on any atom is 0.247 e. The Hall–Kier alpha value is -3.68. The van der Waals surface area contributed by atoms with Crippen LogP contribution in [0.2, 0.25) is 0 Å². The van der Waals surface area contributed by atoms with Crippen molar-refractivity contribution in [1.29, 1.82) is 0 Å². The van der Waals surface area contributed by atoms with Crippen LogP contribution in [0.25, 0.3) is 0 Å². The van der Waals surface area contributed by atoms with Gasteiger partial charge in [0.25, 0.3) is 0 Å². The van der Waals surface area contributed by atoms with Crippen molar-refractivity contribution in [2.24, 2.45) is 5.41 Å². The van der Waals surface area contributed by atoms with Crippen molar-refractivity contribution >= 4 is 52.9 Å². The summed E-state index contributed by atoms with van der Waals surface area (Å²) >= 11 is 0. The molecule has 3 N–H and O–H groups in total. The molecule has 0 atom stereocenters. The molecule has 2 aliphatic rings. The molecule has 41 heavy (non-hydrogen) atoms. The Bertz CT molecular complexity index is 1470. The number of para-hydroxylation sites is 1. The molecule has 10 heteroatoms. The Morgan fingerprint density at radius 1 is 1.07 bits per heavy atom. The highest BCUT2D eigenvalue weighted by Crippen LogP contribution is 2.51. The maximum absolute atomic E-state index is 12.8. The van der Waals surface area contributed by atoms with E-state index in [9.17, 15) is 9.36 Å². The van der Waals surface area contributed by atoms with Gasteiger partial charge in [0.15, 0.2) is 0 Å². The minimum atomic E-state index is -2.48. The van der Waals surface area contributed by atoms with E-state index in [2.05, 4.69) is 56.4 Å². The van der Waals surface area contributed by atoms with E-state index in [4.69, 9.17) is 0 Å². The van der Waals surface area contributed by atoms with Crippen LogP contribution in [-0.2, 0) is 9.36 Å². The fraction of sp³-hybridized carbons (Fsp3) is 0.387. The minimum absolute atomic E-state index is 0.255. The normalized spacial score (nSPS) is 16.8. The van der Waals surface area contributed by atoms with Crippen LogP contribution in [0.3, 0.4) is 0 Å². The van der Waals surface area contributed by atoms with Gasteiger partial charge in [-0.1, -0.05) is 18.7 Å². The van der Waals surface area contributed by atoms with Crippen LogP contribution in [0.5, 0.6) is 0 Å². The van der Waals surface area contributed by atoms with Gasteiger partial charge in [0, 0.05) is 36.3 Å². The summed E-state index contributed by atoms with van der Waals surface area (Å²) in [6.45, 7) is 9.05. The lowest BCUT2D eigenvalue weighted by molar-refractivity contribution is -0.111. The first-order valence-electron chi connectivity index (χ1n) is 14.1. The number of aromatic nitrogens is 2. The van der Waals surface area contributed by atoms with Gasteiger partial charge >= 0.3 is 0 Å². The third-order valence-electron chi connectivity index (χ3n) is 8.33. The van der Waals surface area contributed by atoms with Crippen LogP contribution < -0.4 is 26.2 Å². The molecule has 2 heterocycles. The monoisotopic (exact) mass is 573 g/mol. The third kappa shape index (κ3) is 6.63. The van der Waals surface area contributed by atoms with E-state index in [-0.39, 0.29) is 5.91 Å². The van der Waals surface area contributed by atoms with Crippen LogP contribution >= 0.6 is 7.14 Å². The summed E-state index contributed by atoms with van der Waals surface area (Å²) in [5.41, 5.74) is 3.69. The molecule has 2 aromatic carbocycles. The molecule has 0 radical (unpaired) electrons. The Morgan fingerprint density at radius 2 is 1.80 bits per heavy atom. The van der Waals surface area contributed by atoms with Gasteiger partial charge in [0.05, 0.1) is 17.1 Å². The summed E-state index contributed by atoms with van der Waals surface area (Å²) < 4.78 is 12.8. The molecule has 0 bridgehead atoms. The summed E-state index contributed by atoms with van der Waals surface area (Å²) in [5.74, 6) is 0.725. The molecule has 9 nitrogen and oxygen atoms in total. The molecule has 1 amide bonds. The fourth-order valence-corrected chi connectivity index (χ4v) is 7.07. The summed E-state index contributed by atoms with van der Waals surface area (Å²) in [6, 6.07) is 16.0. The van der Waals surface area contributed by atoms with Gasteiger partial charge in [-0.2, -0.15) is 4.98 Å². The summed E-state index contributed by atoms with van der Waals surface area (Å²) in [4.78, 5) is 26.0. The summed E-state index contributed by atoms with van der Waals surface area (Å²) in [5, 5.41) is 10.3. The third-order valence-corrected chi connectivity index (χ3v) is 9.88. The van der Waals surface area contributed by atoms with Crippen LogP contribution in [0.1, 0.15) is 25.7 Å². The molecule has 1 aromatic heterocycles. The van der Waals surface area contributed by atoms with Crippen molar-refractivity contribution in [2.75, 3.05) is 61.4 Å². The minimum Gasteiger partial charge on any atom is -0.370 e. The zero-order valence-electron chi connectivity index (χ0n) is 24.4. The molecule has 1 saturated carbocycles. The predicted molar refractivity (Wildman–Crippen MR) is 170 cm³/mol. The summed E-state index contributed by atoms with van der Waals surface area (Å²) in [7, 11) is 1.86. The number of nitrogens with one attached hydrogen (secondary N) is 3. The largest absolute Gasteiger partial charge is 0.370 e.